The zero-order valence-corrected chi connectivity index (χ0v) is 23.3. The highest BCUT2D eigenvalue weighted by molar-refractivity contribution is 6.74. The molecule has 0 heterocycles. The summed E-state index contributed by atoms with van der Waals surface area (Å²) in [5.74, 6) is -0.249. The van der Waals surface area contributed by atoms with Gasteiger partial charge >= 0.3 is 0 Å². The number of benzene rings is 2. The first-order chi connectivity index (χ1) is 16.3. The number of hydrogen-bond acceptors (Lipinski definition) is 4. The zero-order valence-electron chi connectivity index (χ0n) is 22.3. The van der Waals surface area contributed by atoms with E-state index in [2.05, 4.69) is 33.9 Å². The van der Waals surface area contributed by atoms with Gasteiger partial charge < -0.3 is 18.8 Å². The predicted octanol–water partition coefficient (Wildman–Crippen LogP) is 6.39. The van der Waals surface area contributed by atoms with E-state index < -0.39 is 20.0 Å². The number of amides is 1. The van der Waals surface area contributed by atoms with Crippen molar-refractivity contribution in [3.05, 3.63) is 58.7 Å². The number of nitrogens with zero attached hydrogens (tertiary/aromatic N) is 1. The monoisotopic (exact) mass is 507 g/mol. The number of rotatable bonds is 11. The van der Waals surface area contributed by atoms with Gasteiger partial charge in [0, 0.05) is 29.8 Å². The van der Waals surface area contributed by atoms with E-state index in [1.807, 2.05) is 6.92 Å². The lowest BCUT2D eigenvalue weighted by Gasteiger charge is -2.37. The van der Waals surface area contributed by atoms with Gasteiger partial charge in [-0.15, -0.1) is 0 Å². The van der Waals surface area contributed by atoms with Gasteiger partial charge in [0.15, 0.2) is 8.32 Å². The second kappa shape index (κ2) is 12.0. The molecule has 0 aliphatic carbocycles. The molecule has 0 N–H and O–H groups in total. The molecule has 5 nitrogen and oxygen atoms in total. The standard InChI is InChI=1S/C27H39F2NO4Si/c1-19-24(32-5)17-20(18-25(19)33-6)26(31)30(15-16-34-35(7,8)27(2,3)4)14-10-11-21-22(28)12-9-13-23(21)29/h9,12-13,17-18H,10-11,14-16H2,1-8H3. The van der Waals surface area contributed by atoms with Crippen molar-refractivity contribution in [2.45, 2.75) is 58.7 Å². The maximum Gasteiger partial charge on any atom is 0.254 e. The average molecular weight is 508 g/mol. The van der Waals surface area contributed by atoms with E-state index in [0.717, 1.165) is 5.56 Å². The minimum Gasteiger partial charge on any atom is -0.496 e. The van der Waals surface area contributed by atoms with Gasteiger partial charge in [-0.05, 0) is 62.2 Å². The molecule has 0 aromatic heterocycles. The van der Waals surface area contributed by atoms with Gasteiger partial charge in [0.2, 0.25) is 0 Å². The molecule has 0 unspecified atom stereocenters. The second-order valence-electron chi connectivity index (χ2n) is 10.2. The van der Waals surface area contributed by atoms with Crippen LogP contribution in [0.15, 0.2) is 30.3 Å². The summed E-state index contributed by atoms with van der Waals surface area (Å²) in [6.45, 7) is 13.7. The normalized spacial score (nSPS) is 11.9. The quantitative estimate of drug-likeness (QED) is 0.331. The van der Waals surface area contributed by atoms with Crippen molar-refractivity contribution < 1.29 is 27.5 Å². The fourth-order valence-corrected chi connectivity index (χ4v) is 4.59. The van der Waals surface area contributed by atoms with E-state index in [9.17, 15) is 13.6 Å². The van der Waals surface area contributed by atoms with Gasteiger partial charge in [0.1, 0.15) is 23.1 Å². The van der Waals surface area contributed by atoms with Gasteiger partial charge in [-0.3, -0.25) is 4.79 Å². The summed E-state index contributed by atoms with van der Waals surface area (Å²) in [5.41, 5.74) is 1.26. The molecule has 2 aromatic rings. The number of ether oxygens (including phenoxy) is 2. The molecule has 0 fully saturated rings. The van der Waals surface area contributed by atoms with Crippen LogP contribution in [0.3, 0.4) is 0 Å². The first kappa shape index (κ1) is 28.8. The highest BCUT2D eigenvalue weighted by Gasteiger charge is 2.37. The fraction of sp³-hybridized carbons (Fsp3) is 0.519. The van der Waals surface area contributed by atoms with Crippen LogP contribution in [0.4, 0.5) is 8.78 Å². The highest BCUT2D eigenvalue weighted by Crippen LogP contribution is 2.36. The Hall–Kier alpha value is -2.45. The topological polar surface area (TPSA) is 48.0 Å². The minimum absolute atomic E-state index is 0.0381. The molecular formula is C27H39F2NO4Si. The Balaban J connectivity index is 2.24. The summed E-state index contributed by atoms with van der Waals surface area (Å²) in [6, 6.07) is 7.23. The number of carbonyl (C=O) groups excluding carboxylic acids is 1. The van der Waals surface area contributed by atoms with Gasteiger partial charge in [0.05, 0.1) is 20.8 Å². The molecule has 194 valence electrons. The first-order valence-electron chi connectivity index (χ1n) is 11.9. The number of carbonyl (C=O) groups is 1. The van der Waals surface area contributed by atoms with Gasteiger partial charge in [0.25, 0.3) is 5.91 Å². The Morgan fingerprint density at radius 1 is 1.00 bits per heavy atom. The molecule has 0 radical (unpaired) electrons. The maximum atomic E-state index is 14.1. The Bertz CT molecular complexity index is 975. The zero-order chi connectivity index (χ0) is 26.4. The van der Waals surface area contributed by atoms with Crippen molar-refractivity contribution in [3.8, 4) is 11.5 Å². The summed E-state index contributed by atoms with van der Waals surface area (Å²) in [7, 11) is 1.09. The van der Waals surface area contributed by atoms with Crippen molar-refractivity contribution in [2.24, 2.45) is 0 Å². The summed E-state index contributed by atoms with van der Waals surface area (Å²) in [5, 5.41) is 0.0435. The van der Waals surface area contributed by atoms with E-state index in [1.54, 1.807) is 31.3 Å². The first-order valence-corrected chi connectivity index (χ1v) is 14.8. The van der Waals surface area contributed by atoms with E-state index in [1.165, 1.54) is 18.2 Å². The van der Waals surface area contributed by atoms with Gasteiger partial charge in [-0.25, -0.2) is 8.78 Å². The van der Waals surface area contributed by atoms with Crippen LogP contribution in [0.1, 0.15) is 48.7 Å². The van der Waals surface area contributed by atoms with Crippen molar-refractivity contribution in [2.75, 3.05) is 33.9 Å². The fourth-order valence-electron chi connectivity index (χ4n) is 3.55. The molecule has 0 atom stereocenters. The third-order valence-corrected chi connectivity index (χ3v) is 11.4. The predicted molar refractivity (Wildman–Crippen MR) is 138 cm³/mol. The second-order valence-corrected chi connectivity index (χ2v) is 15.0. The smallest absolute Gasteiger partial charge is 0.254 e. The van der Waals surface area contributed by atoms with Crippen LogP contribution in [-0.2, 0) is 10.8 Å². The molecule has 35 heavy (non-hydrogen) atoms. The molecule has 8 heteroatoms. The van der Waals surface area contributed by atoms with Crippen LogP contribution in [0.5, 0.6) is 11.5 Å². The van der Waals surface area contributed by atoms with Crippen molar-refractivity contribution in [1.29, 1.82) is 0 Å². The molecule has 0 aliphatic rings. The Labute approximate surface area is 209 Å². The molecule has 0 saturated carbocycles. The SMILES string of the molecule is COc1cc(C(=O)N(CCCc2c(F)cccc2F)CCO[Si](C)(C)C(C)(C)C)cc(OC)c1C. The van der Waals surface area contributed by atoms with Crippen molar-refractivity contribution >= 4 is 14.2 Å². The molecule has 2 rings (SSSR count). The third-order valence-electron chi connectivity index (χ3n) is 6.83. The van der Waals surface area contributed by atoms with E-state index in [4.69, 9.17) is 13.9 Å². The maximum absolute atomic E-state index is 14.1. The van der Waals surface area contributed by atoms with Crippen LogP contribution in [0.25, 0.3) is 0 Å². The highest BCUT2D eigenvalue weighted by atomic mass is 28.4. The summed E-state index contributed by atoms with van der Waals surface area (Å²) < 4.78 is 45.3. The summed E-state index contributed by atoms with van der Waals surface area (Å²) >= 11 is 0. The van der Waals surface area contributed by atoms with E-state index in [0.29, 0.717) is 43.2 Å². The van der Waals surface area contributed by atoms with Crippen LogP contribution in [0, 0.1) is 18.6 Å². The Morgan fingerprint density at radius 3 is 2.03 bits per heavy atom. The molecule has 0 bridgehead atoms. The van der Waals surface area contributed by atoms with Crippen LogP contribution in [-0.4, -0.2) is 53.0 Å². The van der Waals surface area contributed by atoms with Crippen LogP contribution >= 0.6 is 0 Å². The largest absolute Gasteiger partial charge is 0.496 e. The summed E-state index contributed by atoms with van der Waals surface area (Å²) in [6.07, 6.45) is 0.593. The number of hydrogen-bond donors (Lipinski definition) is 0. The third kappa shape index (κ3) is 7.27. The Morgan fingerprint density at radius 2 is 1.54 bits per heavy atom. The van der Waals surface area contributed by atoms with Crippen LogP contribution < -0.4 is 9.47 Å². The summed E-state index contributed by atoms with van der Waals surface area (Å²) in [4.78, 5) is 15.2. The van der Waals surface area contributed by atoms with Gasteiger partial charge in [-0.1, -0.05) is 26.8 Å². The molecule has 0 saturated heterocycles. The number of halogens is 2. The minimum atomic E-state index is -2.00. The lowest BCUT2D eigenvalue weighted by Crippen LogP contribution is -2.43. The molecule has 0 spiro atoms. The van der Waals surface area contributed by atoms with E-state index >= 15 is 0 Å². The Kier molecular flexibility index (Phi) is 9.86. The van der Waals surface area contributed by atoms with E-state index in [-0.39, 0.29) is 22.9 Å². The van der Waals surface area contributed by atoms with Crippen molar-refractivity contribution in [3.63, 3.8) is 0 Å². The lowest BCUT2D eigenvalue weighted by molar-refractivity contribution is 0.0722. The molecular weight excluding hydrogens is 468 g/mol. The molecule has 1 amide bonds. The lowest BCUT2D eigenvalue weighted by atomic mass is 10.1. The van der Waals surface area contributed by atoms with Gasteiger partial charge in [-0.2, -0.15) is 0 Å². The number of methoxy groups -OCH3 is 2. The van der Waals surface area contributed by atoms with Crippen molar-refractivity contribution in [1.82, 2.24) is 4.90 Å². The van der Waals surface area contributed by atoms with Crippen LogP contribution in [0.2, 0.25) is 18.1 Å². The molecule has 0 aliphatic heterocycles. The average Bonchev–Trinajstić information content (AvgIpc) is 2.78. The molecule has 2 aromatic carbocycles.